The van der Waals surface area contributed by atoms with E-state index in [0.717, 1.165) is 21.6 Å². The average molecular weight is 288 g/mol. The molecule has 0 amide bonds. The number of nitrogens with zero attached hydrogens (tertiary/aromatic N) is 1. The van der Waals surface area contributed by atoms with Crippen LogP contribution in [-0.2, 0) is 6.42 Å². The van der Waals surface area contributed by atoms with Gasteiger partial charge in [0.15, 0.2) is 0 Å². The molecule has 2 rings (SSSR count). The van der Waals surface area contributed by atoms with Crippen molar-refractivity contribution in [1.82, 2.24) is 4.98 Å². The number of halogens is 1. The largest absolute Gasteiger partial charge is 0.385 e. The Hall–Kier alpha value is -0.190. The molecule has 2 nitrogen and oxygen atoms in total. The van der Waals surface area contributed by atoms with Gasteiger partial charge in [-0.05, 0) is 34.7 Å². The number of allylic oxidation sites excluding steroid dienone is 1. The van der Waals surface area contributed by atoms with Gasteiger partial charge in [-0.25, -0.2) is 4.98 Å². The fraction of sp³-hybridized carbons (Fsp3) is 0.545. The minimum Gasteiger partial charge on any atom is -0.385 e. The molecule has 0 aliphatic heterocycles. The summed E-state index contributed by atoms with van der Waals surface area (Å²) in [5.41, 5.74) is -0.677. The smallest absolute Gasteiger partial charge is 0.0968 e. The first-order valence-corrected chi connectivity index (χ1v) is 6.70. The van der Waals surface area contributed by atoms with Crippen molar-refractivity contribution in [2.75, 3.05) is 0 Å². The number of thiazole rings is 1. The van der Waals surface area contributed by atoms with Gasteiger partial charge in [-0.2, -0.15) is 0 Å². The molecule has 15 heavy (non-hydrogen) atoms. The Morgan fingerprint density at radius 3 is 3.07 bits per heavy atom. The van der Waals surface area contributed by atoms with Gasteiger partial charge in [-0.15, -0.1) is 11.3 Å². The molecule has 0 spiro atoms. The van der Waals surface area contributed by atoms with Crippen molar-refractivity contribution in [3.63, 3.8) is 0 Å². The van der Waals surface area contributed by atoms with Crippen molar-refractivity contribution >= 4 is 27.3 Å². The first kappa shape index (κ1) is 11.3. The standard InChI is InChI=1S/C11H14BrNOS/c1-8-2-4-11(14,5-3-8)6-10-13-7-9(12)15-10/h2,4,7-8,14H,3,5-6H2,1H3. The highest BCUT2D eigenvalue weighted by Crippen LogP contribution is 2.30. The average Bonchev–Trinajstić information content (AvgIpc) is 2.57. The van der Waals surface area contributed by atoms with Crippen molar-refractivity contribution < 1.29 is 5.11 Å². The second kappa shape index (κ2) is 4.36. The molecule has 0 fully saturated rings. The van der Waals surface area contributed by atoms with Crippen molar-refractivity contribution in [2.45, 2.75) is 31.8 Å². The normalized spacial score (nSPS) is 30.7. The number of rotatable bonds is 2. The van der Waals surface area contributed by atoms with E-state index in [1.807, 2.05) is 6.08 Å². The van der Waals surface area contributed by atoms with Crippen LogP contribution in [0.5, 0.6) is 0 Å². The van der Waals surface area contributed by atoms with Gasteiger partial charge in [0.2, 0.25) is 0 Å². The van der Waals surface area contributed by atoms with Crippen LogP contribution in [0, 0.1) is 5.92 Å². The van der Waals surface area contributed by atoms with Crippen LogP contribution in [-0.4, -0.2) is 15.7 Å². The van der Waals surface area contributed by atoms with Crippen LogP contribution < -0.4 is 0 Å². The third kappa shape index (κ3) is 2.89. The van der Waals surface area contributed by atoms with Crippen LogP contribution in [0.1, 0.15) is 24.8 Å². The van der Waals surface area contributed by atoms with Crippen molar-refractivity contribution in [3.8, 4) is 0 Å². The Balaban J connectivity index is 2.08. The molecular weight excluding hydrogens is 274 g/mol. The summed E-state index contributed by atoms with van der Waals surface area (Å²) in [4.78, 5) is 4.25. The maximum Gasteiger partial charge on any atom is 0.0968 e. The van der Waals surface area contributed by atoms with Crippen LogP contribution in [0.2, 0.25) is 0 Å². The lowest BCUT2D eigenvalue weighted by Gasteiger charge is -2.28. The maximum atomic E-state index is 10.3. The van der Waals surface area contributed by atoms with Crippen molar-refractivity contribution in [1.29, 1.82) is 0 Å². The summed E-state index contributed by atoms with van der Waals surface area (Å²) in [6.45, 7) is 2.18. The van der Waals surface area contributed by atoms with Crippen molar-refractivity contribution in [2.24, 2.45) is 5.92 Å². The second-order valence-corrected chi connectivity index (χ2v) is 6.71. The van der Waals surface area contributed by atoms with E-state index < -0.39 is 5.60 Å². The predicted octanol–water partition coefficient (Wildman–Crippen LogP) is 3.17. The predicted molar refractivity (Wildman–Crippen MR) is 66.0 cm³/mol. The molecule has 0 aromatic carbocycles. The number of aromatic nitrogens is 1. The lowest BCUT2D eigenvalue weighted by atomic mass is 9.84. The topological polar surface area (TPSA) is 33.1 Å². The zero-order valence-corrected chi connectivity index (χ0v) is 11.0. The van der Waals surface area contributed by atoms with Crippen molar-refractivity contribution in [3.05, 3.63) is 27.1 Å². The lowest BCUT2D eigenvalue weighted by Crippen LogP contribution is -2.31. The minimum atomic E-state index is -0.677. The molecule has 1 aliphatic rings. The Labute approximate surface area is 102 Å². The number of aliphatic hydroxyl groups is 1. The molecule has 1 aliphatic carbocycles. The summed E-state index contributed by atoms with van der Waals surface area (Å²) in [5.74, 6) is 0.591. The summed E-state index contributed by atoms with van der Waals surface area (Å²) in [6, 6.07) is 0. The van der Waals surface area contributed by atoms with E-state index in [-0.39, 0.29) is 0 Å². The van der Waals surface area contributed by atoms with Crippen LogP contribution in [0.15, 0.2) is 22.1 Å². The van der Waals surface area contributed by atoms with Gasteiger partial charge in [0.05, 0.1) is 20.6 Å². The Morgan fingerprint density at radius 1 is 1.73 bits per heavy atom. The molecule has 2 unspecified atom stereocenters. The monoisotopic (exact) mass is 287 g/mol. The molecule has 1 N–H and O–H groups in total. The zero-order chi connectivity index (χ0) is 10.9. The number of hydrogen-bond acceptors (Lipinski definition) is 3. The molecule has 82 valence electrons. The van der Waals surface area contributed by atoms with E-state index in [1.54, 1.807) is 17.5 Å². The van der Waals surface area contributed by atoms with Gasteiger partial charge in [0.25, 0.3) is 0 Å². The Morgan fingerprint density at radius 2 is 2.53 bits per heavy atom. The first-order chi connectivity index (χ1) is 7.07. The highest BCUT2D eigenvalue weighted by molar-refractivity contribution is 9.11. The molecule has 1 aromatic heterocycles. The fourth-order valence-corrected chi connectivity index (χ4v) is 3.20. The molecular formula is C11H14BrNOS. The summed E-state index contributed by atoms with van der Waals surface area (Å²) < 4.78 is 1.02. The van der Waals surface area contributed by atoms with Crippen LogP contribution in [0.4, 0.5) is 0 Å². The molecule has 1 aromatic rings. The SMILES string of the molecule is CC1C=CC(O)(Cc2ncc(Br)s2)CC1. The van der Waals surface area contributed by atoms with Gasteiger partial charge in [0.1, 0.15) is 0 Å². The molecule has 2 atom stereocenters. The summed E-state index contributed by atoms with van der Waals surface area (Å²) in [5, 5.41) is 11.3. The second-order valence-electron chi connectivity index (χ2n) is 4.21. The maximum absolute atomic E-state index is 10.3. The minimum absolute atomic E-state index is 0.591. The van der Waals surface area contributed by atoms with Gasteiger partial charge >= 0.3 is 0 Å². The third-order valence-electron chi connectivity index (χ3n) is 2.75. The Bertz CT molecular complexity index is 376. The van der Waals surface area contributed by atoms with Crippen LogP contribution in [0.3, 0.4) is 0 Å². The molecule has 0 saturated carbocycles. The molecule has 4 heteroatoms. The van der Waals surface area contributed by atoms with E-state index in [1.165, 1.54) is 0 Å². The quantitative estimate of drug-likeness (QED) is 0.848. The zero-order valence-electron chi connectivity index (χ0n) is 8.61. The summed E-state index contributed by atoms with van der Waals surface area (Å²) in [6.07, 6.45) is 8.36. The van der Waals surface area contributed by atoms with Gasteiger partial charge < -0.3 is 5.11 Å². The van der Waals surface area contributed by atoms with E-state index >= 15 is 0 Å². The van der Waals surface area contributed by atoms with Gasteiger partial charge in [-0.3, -0.25) is 0 Å². The van der Waals surface area contributed by atoms with E-state index in [0.29, 0.717) is 12.3 Å². The lowest BCUT2D eigenvalue weighted by molar-refractivity contribution is 0.0699. The van der Waals surface area contributed by atoms with Crippen LogP contribution in [0.25, 0.3) is 0 Å². The summed E-state index contributed by atoms with van der Waals surface area (Å²) >= 11 is 4.97. The summed E-state index contributed by atoms with van der Waals surface area (Å²) in [7, 11) is 0. The van der Waals surface area contributed by atoms with Gasteiger partial charge in [0, 0.05) is 6.42 Å². The highest BCUT2D eigenvalue weighted by atomic mass is 79.9. The number of hydrogen-bond donors (Lipinski definition) is 1. The third-order valence-corrected chi connectivity index (χ3v) is 4.23. The molecule has 0 radical (unpaired) electrons. The molecule has 0 bridgehead atoms. The van der Waals surface area contributed by atoms with Gasteiger partial charge in [-0.1, -0.05) is 19.1 Å². The van der Waals surface area contributed by atoms with E-state index in [4.69, 9.17) is 0 Å². The van der Waals surface area contributed by atoms with E-state index in [9.17, 15) is 5.11 Å². The first-order valence-electron chi connectivity index (χ1n) is 5.09. The Kier molecular flexibility index (Phi) is 3.28. The van der Waals surface area contributed by atoms with E-state index in [2.05, 4.69) is 33.9 Å². The van der Waals surface area contributed by atoms with Crippen LogP contribution >= 0.6 is 27.3 Å². The molecule has 0 saturated heterocycles. The molecule has 1 heterocycles. The highest BCUT2D eigenvalue weighted by Gasteiger charge is 2.28. The fourth-order valence-electron chi connectivity index (χ4n) is 1.78.